The van der Waals surface area contributed by atoms with Crippen molar-refractivity contribution in [3.8, 4) is 0 Å². The van der Waals surface area contributed by atoms with E-state index in [1.807, 2.05) is 0 Å². The Hall–Kier alpha value is -1.23. The van der Waals surface area contributed by atoms with Crippen molar-refractivity contribution in [3.05, 3.63) is 12.2 Å². The fourth-order valence-corrected chi connectivity index (χ4v) is 2.22. The normalized spacial score (nSPS) is 17.8. The summed E-state index contributed by atoms with van der Waals surface area (Å²) in [5.41, 5.74) is -0.539. The summed E-state index contributed by atoms with van der Waals surface area (Å²) >= 11 is 0. The Morgan fingerprint density at radius 2 is 2.35 bits per heavy atom. The molecule has 1 aromatic heterocycles. The van der Waals surface area contributed by atoms with E-state index in [-0.39, 0.29) is 5.78 Å². The zero-order valence-corrected chi connectivity index (χ0v) is 10.5. The molecule has 1 aliphatic rings. The van der Waals surface area contributed by atoms with Crippen LogP contribution in [-0.4, -0.2) is 33.3 Å². The van der Waals surface area contributed by atoms with Gasteiger partial charge in [-0.2, -0.15) is 5.10 Å². The largest absolute Gasteiger partial charge is 0.370 e. The molecule has 0 unspecified atom stereocenters. The van der Waals surface area contributed by atoms with Crippen LogP contribution in [0.5, 0.6) is 0 Å². The Labute approximate surface area is 101 Å². The number of hydrogen-bond acceptors (Lipinski definition) is 4. The van der Waals surface area contributed by atoms with Gasteiger partial charge >= 0.3 is 0 Å². The number of carbonyl (C=O) groups is 1. The second-order valence-electron chi connectivity index (χ2n) is 4.55. The van der Waals surface area contributed by atoms with Crippen LogP contribution in [0.15, 0.2) is 6.33 Å². The van der Waals surface area contributed by atoms with E-state index in [0.717, 1.165) is 38.1 Å². The Morgan fingerprint density at radius 1 is 1.59 bits per heavy atom. The van der Waals surface area contributed by atoms with Gasteiger partial charge in [-0.05, 0) is 25.7 Å². The minimum atomic E-state index is -0.539. The van der Waals surface area contributed by atoms with Crippen molar-refractivity contribution in [2.75, 3.05) is 7.11 Å². The third-order valence-electron chi connectivity index (χ3n) is 3.51. The average molecular weight is 237 g/mol. The molecule has 94 valence electrons. The minimum Gasteiger partial charge on any atom is -0.370 e. The number of ketones is 1. The monoisotopic (exact) mass is 237 g/mol. The van der Waals surface area contributed by atoms with Gasteiger partial charge in [0.1, 0.15) is 17.8 Å². The molecule has 0 N–H and O–H groups in total. The molecule has 2 rings (SSSR count). The van der Waals surface area contributed by atoms with Crippen LogP contribution >= 0.6 is 0 Å². The number of carbonyl (C=O) groups excluding carboxylic acids is 1. The third kappa shape index (κ3) is 2.24. The highest BCUT2D eigenvalue weighted by Crippen LogP contribution is 2.36. The van der Waals surface area contributed by atoms with Crippen LogP contribution in [0.3, 0.4) is 0 Å². The zero-order valence-electron chi connectivity index (χ0n) is 10.5. The van der Waals surface area contributed by atoms with Crippen LogP contribution in [0.2, 0.25) is 0 Å². The van der Waals surface area contributed by atoms with Crippen LogP contribution in [0.1, 0.15) is 38.4 Å². The molecule has 0 spiro atoms. The highest BCUT2D eigenvalue weighted by Gasteiger charge is 2.44. The molecule has 0 amide bonds. The quantitative estimate of drug-likeness (QED) is 0.749. The van der Waals surface area contributed by atoms with Crippen LogP contribution in [-0.2, 0) is 22.5 Å². The Morgan fingerprint density at radius 3 is 2.88 bits per heavy atom. The van der Waals surface area contributed by atoms with Crippen molar-refractivity contribution in [1.82, 2.24) is 14.8 Å². The van der Waals surface area contributed by atoms with Gasteiger partial charge in [0.2, 0.25) is 0 Å². The molecule has 17 heavy (non-hydrogen) atoms. The van der Waals surface area contributed by atoms with E-state index in [4.69, 9.17) is 4.74 Å². The summed E-state index contributed by atoms with van der Waals surface area (Å²) in [5.74, 6) is 0.886. The van der Waals surface area contributed by atoms with Gasteiger partial charge in [-0.1, -0.05) is 6.92 Å². The van der Waals surface area contributed by atoms with Crippen LogP contribution < -0.4 is 0 Å². The Kier molecular flexibility index (Phi) is 3.57. The lowest BCUT2D eigenvalue weighted by Crippen LogP contribution is -2.48. The van der Waals surface area contributed by atoms with Crippen molar-refractivity contribution in [3.63, 3.8) is 0 Å². The Balaban J connectivity index is 2.05. The number of nitrogens with zero attached hydrogens (tertiary/aromatic N) is 3. The first kappa shape index (κ1) is 12.2. The van der Waals surface area contributed by atoms with Gasteiger partial charge in [0, 0.05) is 13.7 Å². The lowest BCUT2D eigenvalue weighted by atomic mass is 9.76. The molecule has 0 aliphatic heterocycles. The molecule has 0 aromatic carbocycles. The Bertz CT molecular complexity index is 391. The second kappa shape index (κ2) is 4.96. The van der Waals surface area contributed by atoms with Gasteiger partial charge in [0.05, 0.1) is 6.42 Å². The number of aromatic nitrogens is 3. The number of hydrogen-bond donors (Lipinski definition) is 0. The van der Waals surface area contributed by atoms with Crippen molar-refractivity contribution in [1.29, 1.82) is 0 Å². The van der Waals surface area contributed by atoms with E-state index < -0.39 is 5.60 Å². The van der Waals surface area contributed by atoms with Crippen LogP contribution in [0, 0.1) is 0 Å². The van der Waals surface area contributed by atoms with E-state index in [1.54, 1.807) is 11.8 Å². The molecule has 1 aromatic rings. The van der Waals surface area contributed by atoms with Crippen molar-refractivity contribution < 1.29 is 9.53 Å². The van der Waals surface area contributed by atoms with Gasteiger partial charge < -0.3 is 4.74 Å². The molecule has 1 aliphatic carbocycles. The molecule has 1 heterocycles. The maximum Gasteiger partial charge on any atom is 0.172 e. The number of Topliss-reactive ketones (excluding diaryl/α,β-unsaturated/α-hetero) is 1. The molecule has 0 bridgehead atoms. The maximum absolute atomic E-state index is 12.2. The van der Waals surface area contributed by atoms with Gasteiger partial charge in [-0.3, -0.25) is 4.79 Å². The summed E-state index contributed by atoms with van der Waals surface area (Å²) in [7, 11) is 1.62. The van der Waals surface area contributed by atoms with E-state index in [0.29, 0.717) is 6.42 Å². The highest BCUT2D eigenvalue weighted by molar-refractivity contribution is 5.89. The maximum atomic E-state index is 12.2. The van der Waals surface area contributed by atoms with Crippen molar-refractivity contribution in [2.45, 2.75) is 51.2 Å². The number of ether oxygens (including phenoxy) is 1. The van der Waals surface area contributed by atoms with Crippen molar-refractivity contribution in [2.24, 2.45) is 0 Å². The van der Waals surface area contributed by atoms with Gasteiger partial charge in [-0.15, -0.1) is 0 Å². The first-order valence-corrected chi connectivity index (χ1v) is 6.17. The fourth-order valence-electron chi connectivity index (χ4n) is 2.22. The third-order valence-corrected chi connectivity index (χ3v) is 3.51. The predicted molar refractivity (Wildman–Crippen MR) is 62.6 cm³/mol. The molecule has 0 atom stereocenters. The first-order valence-electron chi connectivity index (χ1n) is 6.17. The number of rotatable bonds is 6. The van der Waals surface area contributed by atoms with E-state index in [1.165, 1.54) is 6.33 Å². The topological polar surface area (TPSA) is 57.0 Å². The highest BCUT2D eigenvalue weighted by atomic mass is 16.5. The number of aryl methyl sites for hydroxylation is 1. The van der Waals surface area contributed by atoms with Gasteiger partial charge in [0.15, 0.2) is 5.78 Å². The predicted octanol–water partition coefficient (Wildman–Crippen LogP) is 1.37. The smallest absolute Gasteiger partial charge is 0.172 e. The lowest BCUT2D eigenvalue weighted by molar-refractivity contribution is -0.151. The first-order chi connectivity index (χ1) is 8.22. The summed E-state index contributed by atoms with van der Waals surface area (Å²) in [6.07, 6.45) is 5.57. The van der Waals surface area contributed by atoms with E-state index in [2.05, 4.69) is 17.0 Å². The average Bonchev–Trinajstić information content (AvgIpc) is 2.66. The van der Waals surface area contributed by atoms with Gasteiger partial charge in [0.25, 0.3) is 0 Å². The molecule has 5 heteroatoms. The molecule has 1 saturated carbocycles. The molecule has 1 fully saturated rings. The van der Waals surface area contributed by atoms with Crippen molar-refractivity contribution >= 4 is 5.78 Å². The van der Waals surface area contributed by atoms with Crippen LogP contribution in [0.25, 0.3) is 0 Å². The molecule has 0 saturated heterocycles. The fraction of sp³-hybridized carbons (Fsp3) is 0.750. The summed E-state index contributed by atoms with van der Waals surface area (Å²) in [4.78, 5) is 16.4. The van der Waals surface area contributed by atoms with Gasteiger partial charge in [-0.25, -0.2) is 9.67 Å². The van der Waals surface area contributed by atoms with Crippen LogP contribution in [0.4, 0.5) is 0 Å². The zero-order chi connectivity index (χ0) is 12.3. The standard InChI is InChI=1S/C12H19N3O2/c1-3-7-15-11(13-9-14-15)8-10(16)12(17-2)5-4-6-12/h9H,3-8H2,1-2H3. The summed E-state index contributed by atoms with van der Waals surface area (Å²) < 4.78 is 7.18. The molecule has 5 nitrogen and oxygen atoms in total. The second-order valence-corrected chi connectivity index (χ2v) is 4.55. The summed E-state index contributed by atoms with van der Waals surface area (Å²) in [6, 6.07) is 0. The lowest BCUT2D eigenvalue weighted by Gasteiger charge is -2.38. The van der Waals surface area contributed by atoms with E-state index in [9.17, 15) is 4.79 Å². The molecular weight excluding hydrogens is 218 g/mol. The SMILES string of the molecule is CCCn1ncnc1CC(=O)C1(OC)CCC1. The number of methoxy groups -OCH3 is 1. The van der Waals surface area contributed by atoms with E-state index >= 15 is 0 Å². The summed E-state index contributed by atoms with van der Waals surface area (Å²) in [6.45, 7) is 2.89. The minimum absolute atomic E-state index is 0.136. The molecular formula is C12H19N3O2. The summed E-state index contributed by atoms with van der Waals surface area (Å²) in [5, 5.41) is 4.12. The molecule has 0 radical (unpaired) electrons.